The quantitative estimate of drug-likeness (QED) is 0.845. The molecule has 1 amide bonds. The second-order valence-electron chi connectivity index (χ2n) is 3.74. The Morgan fingerprint density at radius 1 is 1.50 bits per heavy atom. The molecule has 0 fully saturated rings. The van der Waals surface area contributed by atoms with Crippen LogP contribution in [0, 0.1) is 0 Å². The summed E-state index contributed by atoms with van der Waals surface area (Å²) < 4.78 is 5.21. The van der Waals surface area contributed by atoms with Gasteiger partial charge in [0.15, 0.2) is 0 Å². The molecule has 1 N–H and O–H groups in total. The molecular weight excluding hydrogens is 270 g/mol. The first-order chi connectivity index (χ1) is 7.61. The molecule has 0 saturated carbocycles. The molecule has 1 rings (SSSR count). The van der Waals surface area contributed by atoms with Crippen LogP contribution in [0.1, 0.15) is 19.4 Å². The molecular formula is C12H16BrNO2. The van der Waals surface area contributed by atoms with Crippen LogP contribution in [0.25, 0.3) is 0 Å². The Hall–Kier alpha value is -0.870. The lowest BCUT2D eigenvalue weighted by Crippen LogP contribution is -2.20. The number of rotatable bonds is 5. The summed E-state index contributed by atoms with van der Waals surface area (Å²) >= 11 is 3.37. The zero-order valence-electron chi connectivity index (χ0n) is 9.50. The summed E-state index contributed by atoms with van der Waals surface area (Å²) in [5, 5.41) is 3.56. The molecule has 0 saturated heterocycles. The van der Waals surface area contributed by atoms with Gasteiger partial charge in [0.1, 0.15) is 6.61 Å². The Labute approximate surface area is 104 Å². The third kappa shape index (κ3) is 4.77. The first-order valence-corrected chi connectivity index (χ1v) is 6.30. The van der Waals surface area contributed by atoms with Crippen LogP contribution in [0.4, 0.5) is 5.69 Å². The van der Waals surface area contributed by atoms with Crippen molar-refractivity contribution in [3.8, 4) is 0 Å². The Morgan fingerprint density at radius 2 is 2.25 bits per heavy atom. The average Bonchev–Trinajstić information content (AvgIpc) is 2.26. The third-order valence-corrected chi connectivity index (χ3v) is 2.56. The van der Waals surface area contributed by atoms with Crippen LogP contribution in [-0.2, 0) is 14.9 Å². The van der Waals surface area contributed by atoms with Crippen LogP contribution in [0.5, 0.6) is 0 Å². The minimum absolute atomic E-state index is 0.0691. The highest BCUT2D eigenvalue weighted by Crippen LogP contribution is 2.12. The van der Waals surface area contributed by atoms with Crippen molar-refractivity contribution in [1.29, 1.82) is 0 Å². The van der Waals surface area contributed by atoms with E-state index in [2.05, 4.69) is 21.2 Å². The van der Waals surface area contributed by atoms with Crippen molar-refractivity contribution >= 4 is 27.5 Å². The van der Waals surface area contributed by atoms with E-state index in [0.29, 0.717) is 0 Å². The van der Waals surface area contributed by atoms with E-state index in [9.17, 15) is 4.79 Å². The van der Waals surface area contributed by atoms with E-state index < -0.39 is 0 Å². The molecule has 3 nitrogen and oxygen atoms in total. The molecule has 0 unspecified atom stereocenters. The number of alkyl halides is 1. The van der Waals surface area contributed by atoms with Crippen molar-refractivity contribution in [3.63, 3.8) is 0 Å². The second-order valence-corrected chi connectivity index (χ2v) is 4.30. The summed E-state index contributed by atoms with van der Waals surface area (Å²) in [6.07, 6.45) is 0.0691. The van der Waals surface area contributed by atoms with Gasteiger partial charge in [0, 0.05) is 11.0 Å². The van der Waals surface area contributed by atoms with E-state index in [1.54, 1.807) is 0 Å². The molecule has 1 aromatic carbocycles. The number of hydrogen-bond acceptors (Lipinski definition) is 2. The van der Waals surface area contributed by atoms with E-state index in [1.165, 1.54) is 0 Å². The summed E-state index contributed by atoms with van der Waals surface area (Å²) in [7, 11) is 0. The second kappa shape index (κ2) is 6.66. The number of benzene rings is 1. The predicted octanol–water partition coefficient (Wildman–Crippen LogP) is 2.95. The maximum Gasteiger partial charge on any atom is 0.250 e. The molecule has 0 bridgehead atoms. The lowest BCUT2D eigenvalue weighted by Gasteiger charge is -2.09. The van der Waals surface area contributed by atoms with Crippen LogP contribution in [-0.4, -0.2) is 18.6 Å². The third-order valence-electron chi connectivity index (χ3n) is 1.91. The van der Waals surface area contributed by atoms with Gasteiger partial charge in [-0.2, -0.15) is 0 Å². The number of hydrogen-bond donors (Lipinski definition) is 1. The highest BCUT2D eigenvalue weighted by Gasteiger charge is 2.04. The Balaban J connectivity index is 2.49. The summed E-state index contributed by atoms with van der Waals surface area (Å²) in [4.78, 5) is 11.5. The minimum atomic E-state index is -0.125. The predicted molar refractivity (Wildman–Crippen MR) is 68.8 cm³/mol. The fourth-order valence-electron chi connectivity index (χ4n) is 1.17. The monoisotopic (exact) mass is 285 g/mol. The number of anilines is 1. The molecule has 88 valence electrons. The van der Waals surface area contributed by atoms with Crippen LogP contribution >= 0.6 is 15.9 Å². The number of carbonyl (C=O) groups is 1. The van der Waals surface area contributed by atoms with Gasteiger partial charge in [-0.15, -0.1) is 0 Å². The largest absolute Gasteiger partial charge is 0.369 e. The van der Waals surface area contributed by atoms with Gasteiger partial charge in [-0.05, 0) is 31.5 Å². The fourth-order valence-corrected chi connectivity index (χ4v) is 1.52. The van der Waals surface area contributed by atoms with Crippen molar-refractivity contribution in [3.05, 3.63) is 29.8 Å². The SMILES string of the molecule is CC(C)OCC(=O)Nc1cccc(CBr)c1. The van der Waals surface area contributed by atoms with Gasteiger partial charge in [-0.1, -0.05) is 28.1 Å². The Kier molecular flexibility index (Phi) is 5.49. The summed E-state index contributed by atoms with van der Waals surface area (Å²) in [5.41, 5.74) is 1.93. The van der Waals surface area contributed by atoms with Gasteiger partial charge < -0.3 is 10.1 Å². The maximum atomic E-state index is 11.5. The maximum absolute atomic E-state index is 11.5. The van der Waals surface area contributed by atoms with Crippen LogP contribution in [0.3, 0.4) is 0 Å². The fraction of sp³-hybridized carbons (Fsp3) is 0.417. The summed E-state index contributed by atoms with van der Waals surface area (Å²) in [6.45, 7) is 3.90. The van der Waals surface area contributed by atoms with Crippen LogP contribution in [0.15, 0.2) is 24.3 Å². The van der Waals surface area contributed by atoms with Crippen molar-refractivity contribution in [2.75, 3.05) is 11.9 Å². The number of carbonyl (C=O) groups excluding carboxylic acids is 1. The topological polar surface area (TPSA) is 38.3 Å². The van der Waals surface area contributed by atoms with Gasteiger partial charge in [-0.25, -0.2) is 0 Å². The van der Waals surface area contributed by atoms with Crippen molar-refractivity contribution in [2.24, 2.45) is 0 Å². The van der Waals surface area contributed by atoms with E-state index in [4.69, 9.17) is 4.74 Å². The van der Waals surface area contributed by atoms with Gasteiger partial charge >= 0.3 is 0 Å². The number of ether oxygens (including phenoxy) is 1. The highest BCUT2D eigenvalue weighted by molar-refractivity contribution is 9.08. The smallest absolute Gasteiger partial charge is 0.250 e. The molecule has 0 atom stereocenters. The molecule has 16 heavy (non-hydrogen) atoms. The van der Waals surface area contributed by atoms with Crippen LogP contribution in [0.2, 0.25) is 0 Å². The van der Waals surface area contributed by atoms with Crippen molar-refractivity contribution in [2.45, 2.75) is 25.3 Å². The van der Waals surface area contributed by atoms with E-state index >= 15 is 0 Å². The van der Waals surface area contributed by atoms with E-state index in [1.807, 2.05) is 38.1 Å². The average molecular weight is 286 g/mol. The van der Waals surface area contributed by atoms with Crippen LogP contribution < -0.4 is 5.32 Å². The lowest BCUT2D eigenvalue weighted by molar-refractivity contribution is -0.121. The Morgan fingerprint density at radius 3 is 2.88 bits per heavy atom. The lowest BCUT2D eigenvalue weighted by atomic mass is 10.2. The number of amides is 1. The molecule has 0 aliphatic heterocycles. The van der Waals surface area contributed by atoms with Gasteiger partial charge in [0.2, 0.25) is 5.91 Å². The van der Waals surface area contributed by atoms with E-state index in [0.717, 1.165) is 16.6 Å². The first-order valence-electron chi connectivity index (χ1n) is 5.18. The first kappa shape index (κ1) is 13.2. The molecule has 0 spiro atoms. The highest BCUT2D eigenvalue weighted by atomic mass is 79.9. The molecule has 0 aliphatic rings. The number of nitrogens with one attached hydrogen (secondary N) is 1. The van der Waals surface area contributed by atoms with Crippen molar-refractivity contribution < 1.29 is 9.53 Å². The summed E-state index contributed by atoms with van der Waals surface area (Å²) in [5.74, 6) is -0.125. The van der Waals surface area contributed by atoms with E-state index in [-0.39, 0.29) is 18.6 Å². The number of halogens is 1. The zero-order chi connectivity index (χ0) is 12.0. The molecule has 1 aromatic rings. The molecule has 0 aliphatic carbocycles. The molecule has 0 radical (unpaired) electrons. The molecule has 0 heterocycles. The minimum Gasteiger partial charge on any atom is -0.369 e. The van der Waals surface area contributed by atoms with Gasteiger partial charge in [0.25, 0.3) is 0 Å². The van der Waals surface area contributed by atoms with Gasteiger partial charge in [0.05, 0.1) is 6.10 Å². The normalized spacial score (nSPS) is 10.5. The Bertz CT molecular complexity index is 353. The molecule has 4 heteroatoms. The molecule has 0 aromatic heterocycles. The van der Waals surface area contributed by atoms with Gasteiger partial charge in [-0.3, -0.25) is 4.79 Å². The standard InChI is InChI=1S/C12H16BrNO2/c1-9(2)16-8-12(15)14-11-5-3-4-10(6-11)7-13/h3-6,9H,7-8H2,1-2H3,(H,14,15). The van der Waals surface area contributed by atoms with Crippen molar-refractivity contribution in [1.82, 2.24) is 0 Å². The summed E-state index contributed by atoms with van der Waals surface area (Å²) in [6, 6.07) is 7.70. The zero-order valence-corrected chi connectivity index (χ0v) is 11.1.